The van der Waals surface area contributed by atoms with Gasteiger partial charge in [-0.25, -0.2) is 4.98 Å². The number of carbonyl (C=O) groups excluding carboxylic acids is 1. The van der Waals surface area contributed by atoms with Crippen molar-refractivity contribution in [3.63, 3.8) is 0 Å². The number of amides is 1. The molecule has 0 aliphatic heterocycles. The molecule has 0 saturated carbocycles. The number of nitrogens with zero attached hydrogens (tertiary/aromatic N) is 4. The lowest BCUT2D eigenvalue weighted by Gasteiger charge is -2.21. The first-order valence-electron chi connectivity index (χ1n) is 11.8. The summed E-state index contributed by atoms with van der Waals surface area (Å²) in [6.45, 7) is 2.98. The number of aryl methyl sites for hydroxylation is 1. The average molecular weight is 484 g/mol. The van der Waals surface area contributed by atoms with E-state index in [0.717, 1.165) is 47.3 Å². The molecule has 5 rings (SSSR count). The lowest BCUT2D eigenvalue weighted by Crippen LogP contribution is -2.32. The van der Waals surface area contributed by atoms with Crippen LogP contribution < -0.4 is 5.32 Å². The third-order valence-corrected chi connectivity index (χ3v) is 6.34. The van der Waals surface area contributed by atoms with Crippen LogP contribution in [0.25, 0.3) is 22.1 Å². The number of benzene rings is 3. The van der Waals surface area contributed by atoms with Crippen molar-refractivity contribution in [1.82, 2.24) is 24.8 Å². The number of aromatic nitrogens is 4. The minimum atomic E-state index is -0.328. The second kappa shape index (κ2) is 10.2. The molecule has 0 aliphatic rings. The van der Waals surface area contributed by atoms with Crippen molar-refractivity contribution in [3.05, 3.63) is 101 Å². The number of unbranched alkanes of at least 4 members (excludes halogenated alkanes) is 1. The van der Waals surface area contributed by atoms with Gasteiger partial charge in [0.05, 0.1) is 28.1 Å². The van der Waals surface area contributed by atoms with Gasteiger partial charge in [-0.2, -0.15) is 0 Å². The van der Waals surface area contributed by atoms with Gasteiger partial charge in [-0.3, -0.25) is 14.8 Å². The molecule has 0 bridgehead atoms. The lowest BCUT2D eigenvalue weighted by molar-refractivity contribution is 0.0934. The smallest absolute Gasteiger partial charge is 0.251 e. The van der Waals surface area contributed by atoms with Crippen LogP contribution in [-0.2, 0) is 13.0 Å². The molecule has 2 heterocycles. The van der Waals surface area contributed by atoms with E-state index in [1.165, 1.54) is 0 Å². The van der Waals surface area contributed by atoms with Crippen molar-refractivity contribution in [2.45, 2.75) is 38.8 Å². The zero-order valence-electron chi connectivity index (χ0n) is 19.5. The first-order chi connectivity index (χ1) is 17.1. The third kappa shape index (κ3) is 5.03. The standard InChI is InChI=1S/C28H26ClN5O/c1-2-3-15-34-26-12-10-21(29)18-24(26)32-27(34)25(16-19-7-5-4-6-8-19)33-28(35)20-9-11-22-23(17-20)31-14-13-30-22/h4-14,17-18,25H,2-3,15-16H2,1H3,(H,33,35). The van der Waals surface area contributed by atoms with E-state index in [9.17, 15) is 4.79 Å². The summed E-state index contributed by atoms with van der Waals surface area (Å²) in [6, 6.07) is 21.0. The van der Waals surface area contributed by atoms with Gasteiger partial charge in [-0.1, -0.05) is 55.3 Å². The van der Waals surface area contributed by atoms with Gasteiger partial charge in [0, 0.05) is 29.5 Å². The first kappa shape index (κ1) is 23.0. The fourth-order valence-corrected chi connectivity index (χ4v) is 4.51. The molecule has 0 fully saturated rings. The van der Waals surface area contributed by atoms with E-state index in [1.807, 2.05) is 42.5 Å². The monoisotopic (exact) mass is 483 g/mol. The highest BCUT2D eigenvalue weighted by Crippen LogP contribution is 2.27. The molecule has 6 nitrogen and oxygen atoms in total. The maximum absolute atomic E-state index is 13.4. The molecule has 1 atom stereocenters. The maximum Gasteiger partial charge on any atom is 0.251 e. The predicted octanol–water partition coefficient (Wildman–Crippen LogP) is 6.15. The van der Waals surface area contributed by atoms with Crippen molar-refractivity contribution in [3.8, 4) is 0 Å². The second-order valence-electron chi connectivity index (χ2n) is 8.58. The summed E-state index contributed by atoms with van der Waals surface area (Å²) in [6.07, 6.45) is 5.95. The van der Waals surface area contributed by atoms with Crippen molar-refractivity contribution in [1.29, 1.82) is 0 Å². The average Bonchev–Trinajstić information content (AvgIpc) is 3.24. The van der Waals surface area contributed by atoms with Crippen LogP contribution in [0.3, 0.4) is 0 Å². The first-order valence-corrected chi connectivity index (χ1v) is 12.2. The van der Waals surface area contributed by atoms with Crippen molar-refractivity contribution in [2.75, 3.05) is 0 Å². The molecule has 0 saturated heterocycles. The van der Waals surface area contributed by atoms with Crippen LogP contribution in [0.2, 0.25) is 5.02 Å². The van der Waals surface area contributed by atoms with E-state index >= 15 is 0 Å². The van der Waals surface area contributed by atoms with E-state index in [0.29, 0.717) is 22.5 Å². The van der Waals surface area contributed by atoms with Gasteiger partial charge in [-0.15, -0.1) is 0 Å². The normalized spacial score (nSPS) is 12.2. The summed E-state index contributed by atoms with van der Waals surface area (Å²) in [7, 11) is 0. The fourth-order valence-electron chi connectivity index (χ4n) is 4.34. The molecule has 0 spiro atoms. The molecular weight excluding hydrogens is 458 g/mol. The molecule has 7 heteroatoms. The minimum Gasteiger partial charge on any atom is -0.342 e. The predicted molar refractivity (Wildman–Crippen MR) is 140 cm³/mol. The lowest BCUT2D eigenvalue weighted by atomic mass is 10.0. The van der Waals surface area contributed by atoms with Crippen LogP contribution in [-0.4, -0.2) is 25.4 Å². The van der Waals surface area contributed by atoms with E-state index in [-0.39, 0.29) is 11.9 Å². The number of halogens is 1. The zero-order chi connectivity index (χ0) is 24.2. The quantitative estimate of drug-likeness (QED) is 0.287. The highest BCUT2D eigenvalue weighted by atomic mass is 35.5. The Kier molecular flexibility index (Phi) is 6.73. The summed E-state index contributed by atoms with van der Waals surface area (Å²) in [5.74, 6) is 0.652. The van der Waals surface area contributed by atoms with Crippen LogP contribution in [0.4, 0.5) is 0 Å². The Bertz CT molecular complexity index is 1480. The van der Waals surface area contributed by atoms with E-state index in [2.05, 4.69) is 38.9 Å². The van der Waals surface area contributed by atoms with Crippen LogP contribution in [0.15, 0.2) is 79.1 Å². The summed E-state index contributed by atoms with van der Waals surface area (Å²) >= 11 is 6.28. The van der Waals surface area contributed by atoms with E-state index in [4.69, 9.17) is 16.6 Å². The summed E-state index contributed by atoms with van der Waals surface area (Å²) < 4.78 is 2.22. The van der Waals surface area contributed by atoms with Gasteiger partial charge in [-0.05, 0) is 54.8 Å². The van der Waals surface area contributed by atoms with Crippen LogP contribution in [0.1, 0.15) is 47.6 Å². The van der Waals surface area contributed by atoms with E-state index in [1.54, 1.807) is 24.5 Å². The number of imidazole rings is 1. The van der Waals surface area contributed by atoms with Gasteiger partial charge in [0.15, 0.2) is 0 Å². The highest BCUT2D eigenvalue weighted by molar-refractivity contribution is 6.31. The van der Waals surface area contributed by atoms with Gasteiger partial charge in [0.1, 0.15) is 5.82 Å². The molecule has 2 aromatic heterocycles. The summed E-state index contributed by atoms with van der Waals surface area (Å²) in [4.78, 5) is 27.0. The van der Waals surface area contributed by atoms with Crippen molar-refractivity contribution >= 4 is 39.6 Å². The van der Waals surface area contributed by atoms with Crippen LogP contribution >= 0.6 is 11.6 Å². The maximum atomic E-state index is 13.4. The molecule has 0 aliphatic carbocycles. The number of nitrogens with one attached hydrogen (secondary N) is 1. The third-order valence-electron chi connectivity index (χ3n) is 6.11. The van der Waals surface area contributed by atoms with Gasteiger partial charge >= 0.3 is 0 Å². The Labute approximate surface area is 209 Å². The summed E-state index contributed by atoms with van der Waals surface area (Å²) in [5, 5.41) is 3.90. The van der Waals surface area contributed by atoms with Crippen LogP contribution in [0, 0.1) is 0 Å². The fraction of sp³-hybridized carbons (Fsp3) is 0.214. The Morgan fingerprint density at radius 1 is 0.971 bits per heavy atom. The minimum absolute atomic E-state index is 0.175. The Morgan fingerprint density at radius 3 is 2.57 bits per heavy atom. The SMILES string of the molecule is CCCCn1c(C(Cc2ccccc2)NC(=O)c2ccc3nccnc3c2)nc2cc(Cl)ccc21. The van der Waals surface area contributed by atoms with Gasteiger partial charge in [0.2, 0.25) is 0 Å². The zero-order valence-corrected chi connectivity index (χ0v) is 20.2. The molecule has 1 N–H and O–H groups in total. The number of hydrogen-bond donors (Lipinski definition) is 1. The topological polar surface area (TPSA) is 72.7 Å². The number of hydrogen-bond acceptors (Lipinski definition) is 4. The van der Waals surface area contributed by atoms with Crippen LogP contribution in [0.5, 0.6) is 0 Å². The molecule has 176 valence electrons. The highest BCUT2D eigenvalue weighted by Gasteiger charge is 2.23. The Morgan fingerprint density at radius 2 is 1.77 bits per heavy atom. The summed E-state index contributed by atoms with van der Waals surface area (Å²) in [5.41, 5.74) is 4.94. The van der Waals surface area contributed by atoms with E-state index < -0.39 is 0 Å². The number of fused-ring (bicyclic) bond motifs is 2. The Balaban J connectivity index is 1.55. The van der Waals surface area contributed by atoms with Crippen molar-refractivity contribution < 1.29 is 4.79 Å². The largest absolute Gasteiger partial charge is 0.342 e. The molecular formula is C28H26ClN5O. The molecule has 3 aromatic carbocycles. The molecule has 1 amide bonds. The second-order valence-corrected chi connectivity index (χ2v) is 9.02. The Hall–Kier alpha value is -3.77. The molecule has 1 unspecified atom stereocenters. The number of carbonyl (C=O) groups is 1. The van der Waals surface area contributed by atoms with Gasteiger partial charge < -0.3 is 9.88 Å². The number of rotatable bonds is 8. The van der Waals surface area contributed by atoms with Gasteiger partial charge in [0.25, 0.3) is 5.91 Å². The molecule has 0 radical (unpaired) electrons. The van der Waals surface area contributed by atoms with Crippen molar-refractivity contribution in [2.24, 2.45) is 0 Å². The molecule has 35 heavy (non-hydrogen) atoms. The molecule has 5 aromatic rings.